The van der Waals surface area contributed by atoms with E-state index in [1.54, 1.807) is 0 Å². The Balaban J connectivity index is 2.52. The van der Waals surface area contributed by atoms with E-state index in [1.165, 1.54) is 12.1 Å². The summed E-state index contributed by atoms with van der Waals surface area (Å²) in [6.45, 7) is 1.78. The van der Waals surface area contributed by atoms with Gasteiger partial charge in [0.2, 0.25) is 0 Å². The van der Waals surface area contributed by atoms with Gasteiger partial charge >= 0.3 is 0 Å². The molecule has 1 aromatic rings. The molecular formula is C11H13F2NO2. The minimum Gasteiger partial charge on any atom is -0.486 e. The molecule has 0 amide bonds. The molecular weight excluding hydrogens is 216 g/mol. The van der Waals surface area contributed by atoms with Crippen LogP contribution in [-0.4, -0.2) is 13.2 Å². The number of nitrogens with two attached hydrogens (primary N) is 1. The van der Waals surface area contributed by atoms with Crippen molar-refractivity contribution in [3.8, 4) is 11.5 Å². The maximum Gasteiger partial charge on any atom is 0.270 e. The molecule has 1 aliphatic rings. The molecule has 3 nitrogen and oxygen atoms in total. The molecule has 2 N–H and O–H groups in total. The molecule has 2 rings (SSSR count). The summed E-state index contributed by atoms with van der Waals surface area (Å²) in [5.74, 6) is -2.06. The molecule has 0 saturated carbocycles. The summed E-state index contributed by atoms with van der Waals surface area (Å²) in [7, 11) is 0. The van der Waals surface area contributed by atoms with Gasteiger partial charge in [-0.3, -0.25) is 0 Å². The summed E-state index contributed by atoms with van der Waals surface area (Å²) in [5.41, 5.74) is 5.96. The highest BCUT2D eigenvalue weighted by molar-refractivity contribution is 5.51. The van der Waals surface area contributed by atoms with E-state index in [1.807, 2.05) is 0 Å². The molecule has 16 heavy (non-hydrogen) atoms. The van der Waals surface area contributed by atoms with E-state index >= 15 is 0 Å². The summed E-state index contributed by atoms with van der Waals surface area (Å²) in [5, 5.41) is 0. The van der Waals surface area contributed by atoms with Gasteiger partial charge in [-0.25, -0.2) is 8.78 Å². The number of hydrogen-bond acceptors (Lipinski definition) is 3. The van der Waals surface area contributed by atoms with E-state index in [-0.39, 0.29) is 12.1 Å². The lowest BCUT2D eigenvalue weighted by Gasteiger charge is -2.23. The topological polar surface area (TPSA) is 44.5 Å². The number of fused-ring (bicyclic) bond motifs is 1. The Labute approximate surface area is 92.1 Å². The first-order chi connectivity index (χ1) is 7.52. The molecule has 0 saturated heterocycles. The third-order valence-electron chi connectivity index (χ3n) is 2.45. The Morgan fingerprint density at radius 1 is 1.31 bits per heavy atom. The Bertz CT molecular complexity index is 384. The summed E-state index contributed by atoms with van der Waals surface area (Å²) < 4.78 is 37.1. The highest BCUT2D eigenvalue weighted by Crippen LogP contribution is 2.39. The van der Waals surface area contributed by atoms with Gasteiger partial charge in [0, 0.05) is 24.6 Å². The predicted molar refractivity (Wildman–Crippen MR) is 54.9 cm³/mol. The second-order valence-corrected chi connectivity index (χ2v) is 3.75. The van der Waals surface area contributed by atoms with Gasteiger partial charge in [-0.1, -0.05) is 0 Å². The third-order valence-corrected chi connectivity index (χ3v) is 2.45. The van der Waals surface area contributed by atoms with E-state index in [0.717, 1.165) is 6.92 Å². The lowest BCUT2D eigenvalue weighted by Crippen LogP contribution is -2.19. The summed E-state index contributed by atoms with van der Waals surface area (Å²) >= 11 is 0. The fourth-order valence-corrected chi connectivity index (χ4v) is 1.63. The van der Waals surface area contributed by atoms with E-state index in [2.05, 4.69) is 0 Å². The van der Waals surface area contributed by atoms with Gasteiger partial charge in [0.25, 0.3) is 5.92 Å². The van der Waals surface area contributed by atoms with Crippen molar-refractivity contribution in [3.63, 3.8) is 0 Å². The number of halogens is 2. The van der Waals surface area contributed by atoms with Crippen LogP contribution in [0.5, 0.6) is 11.5 Å². The van der Waals surface area contributed by atoms with Crippen molar-refractivity contribution in [2.24, 2.45) is 5.73 Å². The second-order valence-electron chi connectivity index (χ2n) is 3.75. The summed E-state index contributed by atoms with van der Waals surface area (Å²) in [4.78, 5) is 0. The second kappa shape index (κ2) is 3.90. The first kappa shape index (κ1) is 11.1. The van der Waals surface area contributed by atoms with Crippen molar-refractivity contribution in [2.75, 3.05) is 13.2 Å². The fourth-order valence-electron chi connectivity index (χ4n) is 1.63. The molecule has 0 aliphatic carbocycles. The first-order valence-electron chi connectivity index (χ1n) is 5.03. The van der Waals surface area contributed by atoms with Crippen LogP contribution in [-0.2, 0) is 12.5 Å². The van der Waals surface area contributed by atoms with Crippen LogP contribution in [0, 0.1) is 0 Å². The van der Waals surface area contributed by atoms with E-state index in [0.29, 0.717) is 30.3 Å². The average molecular weight is 229 g/mol. The van der Waals surface area contributed by atoms with Crippen LogP contribution < -0.4 is 15.2 Å². The summed E-state index contributed by atoms with van der Waals surface area (Å²) in [6.07, 6.45) is 0. The molecule has 1 aromatic carbocycles. The van der Waals surface area contributed by atoms with E-state index in [9.17, 15) is 8.78 Å². The lowest BCUT2D eigenvalue weighted by atomic mass is 10.0. The maximum absolute atomic E-state index is 13.2. The van der Waals surface area contributed by atoms with E-state index < -0.39 is 5.92 Å². The van der Waals surface area contributed by atoms with Crippen molar-refractivity contribution in [2.45, 2.75) is 19.4 Å². The van der Waals surface area contributed by atoms with Crippen molar-refractivity contribution >= 4 is 0 Å². The molecule has 0 unspecified atom stereocenters. The smallest absolute Gasteiger partial charge is 0.270 e. The highest BCUT2D eigenvalue weighted by Gasteiger charge is 2.28. The Morgan fingerprint density at radius 3 is 2.62 bits per heavy atom. The van der Waals surface area contributed by atoms with Crippen molar-refractivity contribution in [1.82, 2.24) is 0 Å². The Hall–Kier alpha value is -1.36. The molecule has 0 spiro atoms. The molecule has 5 heteroatoms. The standard InChI is InChI=1S/C11H13F2NO2/c1-11(12,13)8-4-7(6-14)10-9(5-8)15-2-3-16-10/h4-5H,2-3,6,14H2,1H3. The van der Waals surface area contributed by atoms with Crippen LogP contribution in [0.25, 0.3) is 0 Å². The van der Waals surface area contributed by atoms with Gasteiger partial charge < -0.3 is 15.2 Å². The molecule has 88 valence electrons. The zero-order valence-electron chi connectivity index (χ0n) is 8.93. The quantitative estimate of drug-likeness (QED) is 0.843. The zero-order valence-corrected chi connectivity index (χ0v) is 8.93. The van der Waals surface area contributed by atoms with Gasteiger partial charge in [0.1, 0.15) is 13.2 Å². The van der Waals surface area contributed by atoms with Crippen LogP contribution in [0.1, 0.15) is 18.1 Å². The molecule has 0 fully saturated rings. The number of benzene rings is 1. The van der Waals surface area contributed by atoms with Crippen LogP contribution in [0.3, 0.4) is 0 Å². The average Bonchev–Trinajstić information content (AvgIpc) is 2.26. The maximum atomic E-state index is 13.2. The van der Waals surface area contributed by atoms with Gasteiger partial charge in [0.15, 0.2) is 11.5 Å². The van der Waals surface area contributed by atoms with Crippen molar-refractivity contribution in [1.29, 1.82) is 0 Å². The SMILES string of the molecule is CC(F)(F)c1cc(CN)c2c(c1)OCCO2. The Morgan fingerprint density at radius 2 is 2.00 bits per heavy atom. The van der Waals surface area contributed by atoms with Crippen molar-refractivity contribution < 1.29 is 18.3 Å². The highest BCUT2D eigenvalue weighted by atomic mass is 19.3. The normalized spacial score (nSPS) is 15.0. The van der Waals surface area contributed by atoms with Crippen molar-refractivity contribution in [3.05, 3.63) is 23.3 Å². The molecule has 1 aliphatic heterocycles. The fraction of sp³-hybridized carbons (Fsp3) is 0.455. The van der Waals surface area contributed by atoms with Gasteiger partial charge in [-0.15, -0.1) is 0 Å². The van der Waals surface area contributed by atoms with Crippen LogP contribution in [0.2, 0.25) is 0 Å². The molecule has 1 heterocycles. The number of alkyl halides is 2. The minimum absolute atomic E-state index is 0.0998. The van der Waals surface area contributed by atoms with Gasteiger partial charge in [-0.2, -0.15) is 0 Å². The number of hydrogen-bond donors (Lipinski definition) is 1. The summed E-state index contributed by atoms with van der Waals surface area (Å²) in [6, 6.07) is 2.68. The van der Waals surface area contributed by atoms with Crippen LogP contribution in [0.15, 0.2) is 12.1 Å². The number of ether oxygens (including phenoxy) is 2. The number of rotatable bonds is 2. The van der Waals surface area contributed by atoms with Gasteiger partial charge in [0.05, 0.1) is 0 Å². The third kappa shape index (κ3) is 1.95. The Kier molecular flexibility index (Phi) is 2.71. The molecule has 0 radical (unpaired) electrons. The predicted octanol–water partition coefficient (Wildman–Crippen LogP) is 2.03. The lowest BCUT2D eigenvalue weighted by molar-refractivity contribution is 0.0168. The largest absolute Gasteiger partial charge is 0.486 e. The van der Waals surface area contributed by atoms with Crippen LogP contribution >= 0.6 is 0 Å². The monoisotopic (exact) mass is 229 g/mol. The first-order valence-corrected chi connectivity index (χ1v) is 5.03. The molecule has 0 atom stereocenters. The molecule has 0 bridgehead atoms. The molecule has 0 aromatic heterocycles. The van der Waals surface area contributed by atoms with E-state index in [4.69, 9.17) is 15.2 Å². The minimum atomic E-state index is -2.90. The zero-order chi connectivity index (χ0) is 11.8. The van der Waals surface area contributed by atoms with Gasteiger partial charge in [-0.05, 0) is 12.1 Å². The van der Waals surface area contributed by atoms with Crippen LogP contribution in [0.4, 0.5) is 8.78 Å².